The molecule has 0 aliphatic carbocycles. The number of nitrogens with zero attached hydrogens (tertiary/aromatic N) is 4. The van der Waals surface area contributed by atoms with Crippen LogP contribution in [-0.2, 0) is 32.7 Å². The lowest BCUT2D eigenvalue weighted by molar-refractivity contribution is -0.141. The smallest absolute Gasteiger partial charge is 0.338 e. The van der Waals surface area contributed by atoms with E-state index in [2.05, 4.69) is 20.7 Å². The summed E-state index contributed by atoms with van der Waals surface area (Å²) in [4.78, 5) is 15.5. The van der Waals surface area contributed by atoms with Crippen LogP contribution in [0.2, 0.25) is 0 Å². The van der Waals surface area contributed by atoms with E-state index in [-0.39, 0.29) is 11.9 Å². The summed E-state index contributed by atoms with van der Waals surface area (Å²) in [6.45, 7) is 1.18. The summed E-state index contributed by atoms with van der Waals surface area (Å²) < 4.78 is 41.3. The summed E-state index contributed by atoms with van der Waals surface area (Å²) in [7, 11) is 1.79. The minimum atomic E-state index is -4.43. The lowest BCUT2D eigenvalue weighted by atomic mass is 9.99. The van der Waals surface area contributed by atoms with E-state index >= 15 is 0 Å². The van der Waals surface area contributed by atoms with Gasteiger partial charge in [0, 0.05) is 51.1 Å². The Labute approximate surface area is 142 Å². The van der Waals surface area contributed by atoms with Crippen molar-refractivity contribution < 1.29 is 18.0 Å². The Morgan fingerprint density at radius 1 is 1.36 bits per heavy atom. The van der Waals surface area contributed by atoms with Crippen LogP contribution in [0.4, 0.5) is 18.0 Å². The quantitative estimate of drug-likeness (QED) is 0.875. The molecule has 0 bridgehead atoms. The maximum atomic E-state index is 12.7. The average Bonchev–Trinajstić information content (AvgIpc) is 3.16. The molecule has 1 aliphatic heterocycles. The first-order chi connectivity index (χ1) is 11.8. The van der Waals surface area contributed by atoms with Gasteiger partial charge in [-0.25, -0.2) is 9.78 Å². The molecule has 136 valence electrons. The van der Waals surface area contributed by atoms with E-state index in [1.54, 1.807) is 24.1 Å². The molecule has 2 aromatic rings. The van der Waals surface area contributed by atoms with E-state index in [0.29, 0.717) is 38.3 Å². The highest BCUT2D eigenvalue weighted by Gasteiger charge is 2.35. The molecule has 7 nitrogen and oxygen atoms in total. The van der Waals surface area contributed by atoms with Gasteiger partial charge in [0.25, 0.3) is 0 Å². The molecule has 2 amide bonds. The fourth-order valence-corrected chi connectivity index (χ4v) is 2.86. The molecule has 1 atom stereocenters. The van der Waals surface area contributed by atoms with E-state index in [9.17, 15) is 18.0 Å². The third kappa shape index (κ3) is 4.31. The van der Waals surface area contributed by atoms with Crippen LogP contribution in [0.3, 0.4) is 0 Å². The first-order valence-electron chi connectivity index (χ1n) is 7.93. The number of rotatable bonds is 4. The van der Waals surface area contributed by atoms with E-state index in [0.717, 1.165) is 11.8 Å². The van der Waals surface area contributed by atoms with Crippen LogP contribution in [0, 0.1) is 5.92 Å². The number of carbonyl (C=O) groups is 1. The standard InChI is InChI=1S/C15H19F3N6O/c1-23-7-11(6-21-23)5-20-14(25)19-4-10-2-3-13-22-12(15(16,17)18)9-24(13)8-10/h6-7,9-10H,2-5,8H2,1H3,(H2,19,20,25)/t10-/m1/s1. The van der Waals surface area contributed by atoms with Crippen molar-refractivity contribution in [2.24, 2.45) is 13.0 Å². The van der Waals surface area contributed by atoms with Gasteiger partial charge < -0.3 is 15.2 Å². The minimum Gasteiger partial charge on any atom is -0.338 e. The predicted octanol–water partition coefficient (Wildman–Crippen LogP) is 1.70. The summed E-state index contributed by atoms with van der Waals surface area (Å²) in [6.07, 6.45) is 1.26. The number of halogens is 3. The van der Waals surface area contributed by atoms with Gasteiger partial charge in [0.15, 0.2) is 5.69 Å². The van der Waals surface area contributed by atoms with Crippen LogP contribution >= 0.6 is 0 Å². The average molecular weight is 356 g/mol. The Hall–Kier alpha value is -2.52. The Morgan fingerprint density at radius 3 is 2.84 bits per heavy atom. The van der Waals surface area contributed by atoms with Crippen LogP contribution in [0.1, 0.15) is 23.5 Å². The molecule has 3 rings (SSSR count). The largest absolute Gasteiger partial charge is 0.434 e. The van der Waals surface area contributed by atoms with Crippen LogP contribution in [-0.4, -0.2) is 31.9 Å². The number of urea groups is 1. The summed E-state index contributed by atoms with van der Waals surface area (Å²) in [5, 5.41) is 9.50. The zero-order valence-electron chi connectivity index (χ0n) is 13.7. The summed E-state index contributed by atoms with van der Waals surface area (Å²) in [5.74, 6) is 0.525. The summed E-state index contributed by atoms with van der Waals surface area (Å²) in [5.41, 5.74) is 0.0309. The Balaban J connectivity index is 1.46. The first kappa shape index (κ1) is 17.3. The van der Waals surface area contributed by atoms with Gasteiger partial charge in [0.2, 0.25) is 0 Å². The molecule has 0 spiro atoms. The van der Waals surface area contributed by atoms with Gasteiger partial charge in [-0.3, -0.25) is 4.68 Å². The van der Waals surface area contributed by atoms with Gasteiger partial charge in [0.05, 0.1) is 6.20 Å². The molecule has 0 unspecified atom stereocenters. The molecule has 0 radical (unpaired) electrons. The van der Waals surface area contributed by atoms with Gasteiger partial charge in [-0.05, 0) is 12.3 Å². The van der Waals surface area contributed by atoms with Crippen molar-refractivity contribution in [3.8, 4) is 0 Å². The molecule has 2 aromatic heterocycles. The van der Waals surface area contributed by atoms with Gasteiger partial charge in [-0.15, -0.1) is 0 Å². The summed E-state index contributed by atoms with van der Waals surface area (Å²) in [6, 6.07) is -0.309. The highest BCUT2D eigenvalue weighted by molar-refractivity contribution is 5.73. The van der Waals surface area contributed by atoms with Gasteiger partial charge in [0.1, 0.15) is 5.82 Å². The van der Waals surface area contributed by atoms with Crippen LogP contribution < -0.4 is 10.6 Å². The number of amides is 2. The lowest BCUT2D eigenvalue weighted by Crippen LogP contribution is -2.39. The predicted molar refractivity (Wildman–Crippen MR) is 82.5 cm³/mol. The highest BCUT2D eigenvalue weighted by Crippen LogP contribution is 2.30. The zero-order chi connectivity index (χ0) is 18.0. The number of imidazole rings is 1. The molecule has 3 heterocycles. The molecule has 1 aliphatic rings. The van der Waals surface area contributed by atoms with Crippen molar-refractivity contribution in [1.29, 1.82) is 0 Å². The number of alkyl halides is 3. The molecule has 10 heteroatoms. The normalized spacial score (nSPS) is 17.2. The second kappa shape index (κ2) is 6.77. The first-order valence-corrected chi connectivity index (χ1v) is 7.93. The molecular formula is C15H19F3N6O. The van der Waals surface area contributed by atoms with Crippen molar-refractivity contribution in [3.05, 3.63) is 35.7 Å². The van der Waals surface area contributed by atoms with Crippen molar-refractivity contribution in [2.45, 2.75) is 32.1 Å². The molecule has 0 saturated heterocycles. The second-order valence-corrected chi connectivity index (χ2v) is 6.18. The van der Waals surface area contributed by atoms with E-state index in [1.807, 2.05) is 0 Å². The minimum absolute atomic E-state index is 0.0759. The van der Waals surface area contributed by atoms with Crippen molar-refractivity contribution in [2.75, 3.05) is 6.54 Å². The molecule has 25 heavy (non-hydrogen) atoms. The van der Waals surface area contributed by atoms with Gasteiger partial charge >= 0.3 is 12.2 Å². The Kier molecular flexibility index (Phi) is 4.69. The van der Waals surface area contributed by atoms with Gasteiger partial charge in [-0.1, -0.05) is 0 Å². The van der Waals surface area contributed by atoms with Crippen molar-refractivity contribution >= 4 is 6.03 Å². The molecular weight excluding hydrogens is 337 g/mol. The maximum absolute atomic E-state index is 12.7. The monoisotopic (exact) mass is 356 g/mol. The molecule has 2 N–H and O–H groups in total. The topological polar surface area (TPSA) is 76.8 Å². The number of nitrogens with one attached hydrogen (secondary N) is 2. The number of aromatic nitrogens is 4. The third-order valence-electron chi connectivity index (χ3n) is 4.14. The van der Waals surface area contributed by atoms with Crippen LogP contribution in [0.15, 0.2) is 18.6 Å². The van der Waals surface area contributed by atoms with Crippen LogP contribution in [0.25, 0.3) is 0 Å². The van der Waals surface area contributed by atoms with E-state index in [4.69, 9.17) is 0 Å². The number of fused-ring (bicyclic) bond motifs is 1. The third-order valence-corrected chi connectivity index (χ3v) is 4.14. The fourth-order valence-electron chi connectivity index (χ4n) is 2.86. The second-order valence-electron chi connectivity index (χ2n) is 6.18. The molecule has 0 fully saturated rings. The van der Waals surface area contributed by atoms with Crippen molar-refractivity contribution in [1.82, 2.24) is 30.0 Å². The molecule has 0 aromatic carbocycles. The van der Waals surface area contributed by atoms with E-state index in [1.165, 1.54) is 4.57 Å². The molecule has 0 saturated carbocycles. The Morgan fingerprint density at radius 2 is 2.16 bits per heavy atom. The van der Waals surface area contributed by atoms with Crippen molar-refractivity contribution in [3.63, 3.8) is 0 Å². The van der Waals surface area contributed by atoms with Crippen LogP contribution in [0.5, 0.6) is 0 Å². The highest BCUT2D eigenvalue weighted by atomic mass is 19.4. The SMILES string of the molecule is Cn1cc(CNC(=O)NC[C@H]2CCc3nc(C(F)(F)F)cn3C2)cn1. The number of aryl methyl sites for hydroxylation is 2. The van der Waals surface area contributed by atoms with Gasteiger partial charge in [-0.2, -0.15) is 18.3 Å². The number of carbonyl (C=O) groups excluding carboxylic acids is 1. The Bertz CT molecular complexity index is 751. The summed E-state index contributed by atoms with van der Waals surface area (Å²) >= 11 is 0. The zero-order valence-corrected chi connectivity index (χ0v) is 13.7. The fraction of sp³-hybridized carbons (Fsp3) is 0.533. The number of hydrogen-bond acceptors (Lipinski definition) is 3. The number of hydrogen-bond donors (Lipinski definition) is 2. The maximum Gasteiger partial charge on any atom is 0.434 e. The lowest BCUT2D eigenvalue weighted by Gasteiger charge is -2.23. The van der Waals surface area contributed by atoms with E-state index < -0.39 is 11.9 Å².